The van der Waals surface area contributed by atoms with Gasteiger partial charge < -0.3 is 4.57 Å². The molecule has 0 radical (unpaired) electrons. The van der Waals surface area contributed by atoms with Gasteiger partial charge in [-0.3, -0.25) is 4.79 Å². The second kappa shape index (κ2) is 7.42. The van der Waals surface area contributed by atoms with E-state index >= 15 is 0 Å². The highest BCUT2D eigenvalue weighted by molar-refractivity contribution is 5.96. The lowest BCUT2D eigenvalue weighted by molar-refractivity contribution is 0.0979. The topological polar surface area (TPSA) is 52.7 Å². The number of carbonyl (C=O) groups is 1. The first-order chi connectivity index (χ1) is 11.8. The fourth-order valence-electron chi connectivity index (χ4n) is 2.58. The van der Waals surface area contributed by atoms with Crippen LogP contribution in [0.5, 0.6) is 0 Å². The number of carbonyl (C=O) groups excluding carboxylic acids is 1. The molecule has 0 N–H and O–H groups in total. The summed E-state index contributed by atoms with van der Waals surface area (Å²) in [6.07, 6.45) is 16.9. The molecule has 120 valence electrons. The Morgan fingerprint density at radius 1 is 1.21 bits per heavy atom. The van der Waals surface area contributed by atoms with Gasteiger partial charge in [0.05, 0.1) is 17.6 Å². The van der Waals surface area contributed by atoms with Crippen LogP contribution in [0, 0.1) is 12.3 Å². The second-order valence-electron chi connectivity index (χ2n) is 5.51. The normalized spacial score (nSPS) is 10.5. The number of Topliss-reactive ketones (excluding diaryl/α,β-unsaturated/α-hetero) is 1. The number of ketones is 1. The molecule has 0 spiro atoms. The van der Waals surface area contributed by atoms with Crippen LogP contribution >= 0.6 is 0 Å². The van der Waals surface area contributed by atoms with E-state index in [9.17, 15) is 4.79 Å². The largest absolute Gasteiger partial charge is 0.337 e. The quantitative estimate of drug-likeness (QED) is 0.382. The van der Waals surface area contributed by atoms with Gasteiger partial charge in [-0.25, -0.2) is 9.67 Å². The number of hydrogen-bond acceptors (Lipinski definition) is 3. The van der Waals surface area contributed by atoms with Gasteiger partial charge in [0.2, 0.25) is 0 Å². The molecule has 3 aromatic rings. The van der Waals surface area contributed by atoms with Gasteiger partial charge in [-0.1, -0.05) is 5.92 Å². The minimum atomic E-state index is 0.115. The summed E-state index contributed by atoms with van der Waals surface area (Å²) in [7, 11) is 0. The molecular weight excluding hydrogens is 300 g/mol. The SMILES string of the molecule is C#Cc1cc(C(=O)CCCCn2ccnc2)ccc1-n1cccn1. The molecule has 0 aliphatic rings. The predicted octanol–water partition coefficient (Wildman–Crippen LogP) is 3.10. The molecule has 5 heteroatoms. The Hall–Kier alpha value is -3.13. The summed E-state index contributed by atoms with van der Waals surface area (Å²) in [6, 6.07) is 7.27. The first kappa shape index (κ1) is 15.8. The van der Waals surface area contributed by atoms with Gasteiger partial charge >= 0.3 is 0 Å². The molecule has 5 nitrogen and oxygen atoms in total. The van der Waals surface area contributed by atoms with Crippen LogP contribution in [0.15, 0.2) is 55.4 Å². The zero-order chi connectivity index (χ0) is 16.8. The summed E-state index contributed by atoms with van der Waals surface area (Å²) in [6.45, 7) is 0.876. The van der Waals surface area contributed by atoms with Gasteiger partial charge in [0.15, 0.2) is 5.78 Å². The average molecular weight is 318 g/mol. The van der Waals surface area contributed by atoms with Gasteiger partial charge in [0, 0.05) is 43.3 Å². The first-order valence-corrected chi connectivity index (χ1v) is 7.87. The number of hydrogen-bond donors (Lipinski definition) is 0. The van der Waals surface area contributed by atoms with Crippen molar-refractivity contribution in [2.75, 3.05) is 0 Å². The van der Waals surface area contributed by atoms with Gasteiger partial charge in [0.25, 0.3) is 0 Å². The van der Waals surface area contributed by atoms with Crippen molar-refractivity contribution >= 4 is 5.78 Å². The summed E-state index contributed by atoms with van der Waals surface area (Å²) in [5.41, 5.74) is 2.13. The van der Waals surface area contributed by atoms with Crippen molar-refractivity contribution in [3.8, 4) is 18.0 Å². The van der Waals surface area contributed by atoms with Crippen LogP contribution in [0.2, 0.25) is 0 Å². The van der Waals surface area contributed by atoms with Crippen LogP contribution in [0.1, 0.15) is 35.2 Å². The second-order valence-corrected chi connectivity index (χ2v) is 5.51. The number of imidazole rings is 1. The monoisotopic (exact) mass is 318 g/mol. The number of benzene rings is 1. The van der Waals surface area contributed by atoms with Crippen LogP contribution in [-0.2, 0) is 6.54 Å². The summed E-state index contributed by atoms with van der Waals surface area (Å²) in [5, 5.41) is 4.18. The molecule has 0 bridgehead atoms. The maximum atomic E-state index is 12.4. The lowest BCUT2D eigenvalue weighted by atomic mass is 10.0. The molecule has 0 amide bonds. The number of aryl methyl sites for hydroxylation is 1. The third-order valence-corrected chi connectivity index (χ3v) is 3.85. The Morgan fingerprint density at radius 3 is 2.83 bits per heavy atom. The Labute approximate surface area is 141 Å². The van der Waals surface area contributed by atoms with Gasteiger partial charge in [-0.15, -0.1) is 6.42 Å². The number of unbranched alkanes of at least 4 members (excludes halogenated alkanes) is 1. The molecule has 0 saturated carbocycles. The van der Waals surface area contributed by atoms with E-state index in [0.717, 1.165) is 25.1 Å². The standard InChI is InChI=1S/C19H18N4O/c1-2-16-14-17(7-8-18(16)23-12-5-9-21-23)19(24)6-3-4-11-22-13-10-20-15-22/h1,5,7-10,12-15H,3-4,6,11H2. The highest BCUT2D eigenvalue weighted by Crippen LogP contribution is 2.17. The number of rotatable bonds is 7. The third-order valence-electron chi connectivity index (χ3n) is 3.85. The van der Waals surface area contributed by atoms with E-state index < -0.39 is 0 Å². The predicted molar refractivity (Wildman–Crippen MR) is 91.9 cm³/mol. The zero-order valence-corrected chi connectivity index (χ0v) is 13.3. The van der Waals surface area contributed by atoms with Crippen molar-refractivity contribution in [3.05, 3.63) is 66.5 Å². The van der Waals surface area contributed by atoms with Gasteiger partial charge in [-0.2, -0.15) is 5.10 Å². The van der Waals surface area contributed by atoms with Crippen molar-refractivity contribution in [1.82, 2.24) is 19.3 Å². The molecule has 0 aliphatic carbocycles. The van der Waals surface area contributed by atoms with Crippen molar-refractivity contribution in [2.24, 2.45) is 0 Å². The Kier molecular flexibility index (Phi) is 4.87. The fourth-order valence-corrected chi connectivity index (χ4v) is 2.58. The van der Waals surface area contributed by atoms with E-state index in [0.29, 0.717) is 17.5 Å². The van der Waals surface area contributed by atoms with E-state index in [1.165, 1.54) is 0 Å². The van der Waals surface area contributed by atoms with E-state index in [2.05, 4.69) is 16.0 Å². The molecule has 2 aromatic heterocycles. The van der Waals surface area contributed by atoms with Crippen LogP contribution in [0.25, 0.3) is 5.69 Å². The lowest BCUT2D eigenvalue weighted by Gasteiger charge is -2.08. The molecule has 0 atom stereocenters. The smallest absolute Gasteiger partial charge is 0.162 e. The highest BCUT2D eigenvalue weighted by Gasteiger charge is 2.10. The van der Waals surface area contributed by atoms with E-state index in [-0.39, 0.29) is 5.78 Å². The molecule has 24 heavy (non-hydrogen) atoms. The van der Waals surface area contributed by atoms with E-state index in [4.69, 9.17) is 6.42 Å². The van der Waals surface area contributed by atoms with E-state index in [1.807, 2.05) is 35.2 Å². The van der Waals surface area contributed by atoms with Crippen LogP contribution in [0.4, 0.5) is 0 Å². The molecule has 0 saturated heterocycles. The van der Waals surface area contributed by atoms with Crippen LogP contribution in [-0.4, -0.2) is 25.1 Å². The molecule has 0 fully saturated rings. The number of aromatic nitrogens is 4. The molecule has 1 aromatic carbocycles. The maximum Gasteiger partial charge on any atom is 0.162 e. The Morgan fingerprint density at radius 2 is 2.12 bits per heavy atom. The van der Waals surface area contributed by atoms with Crippen LogP contribution < -0.4 is 0 Å². The maximum absolute atomic E-state index is 12.4. The Bertz CT molecular complexity index is 842. The van der Waals surface area contributed by atoms with E-state index in [1.54, 1.807) is 29.5 Å². The number of terminal acetylenes is 1. The van der Waals surface area contributed by atoms with Gasteiger partial charge in [-0.05, 0) is 37.1 Å². The van der Waals surface area contributed by atoms with Gasteiger partial charge in [0.1, 0.15) is 0 Å². The molecule has 3 rings (SSSR count). The first-order valence-electron chi connectivity index (χ1n) is 7.87. The van der Waals surface area contributed by atoms with Crippen molar-refractivity contribution in [3.63, 3.8) is 0 Å². The van der Waals surface area contributed by atoms with Crippen molar-refractivity contribution < 1.29 is 4.79 Å². The fraction of sp³-hybridized carbons (Fsp3) is 0.211. The minimum Gasteiger partial charge on any atom is -0.337 e. The molecule has 0 aliphatic heterocycles. The molecule has 0 unspecified atom stereocenters. The van der Waals surface area contributed by atoms with Crippen LogP contribution in [0.3, 0.4) is 0 Å². The summed E-state index contributed by atoms with van der Waals surface area (Å²) in [4.78, 5) is 16.4. The molecule has 2 heterocycles. The number of nitrogens with zero attached hydrogens (tertiary/aromatic N) is 4. The Balaban J connectivity index is 1.62. The zero-order valence-electron chi connectivity index (χ0n) is 13.3. The molecular formula is C19H18N4O. The minimum absolute atomic E-state index is 0.115. The lowest BCUT2D eigenvalue weighted by Crippen LogP contribution is -2.04. The van der Waals surface area contributed by atoms with Crippen molar-refractivity contribution in [1.29, 1.82) is 0 Å². The highest BCUT2D eigenvalue weighted by atomic mass is 16.1. The third kappa shape index (κ3) is 3.61. The summed E-state index contributed by atoms with van der Waals surface area (Å²) < 4.78 is 3.72. The summed E-state index contributed by atoms with van der Waals surface area (Å²) >= 11 is 0. The van der Waals surface area contributed by atoms with Crippen molar-refractivity contribution in [2.45, 2.75) is 25.8 Å². The summed E-state index contributed by atoms with van der Waals surface area (Å²) in [5.74, 6) is 2.76. The average Bonchev–Trinajstić information content (AvgIpc) is 3.31.